The minimum absolute atomic E-state index is 0.379. The zero-order valence-electron chi connectivity index (χ0n) is 10.1. The fraction of sp³-hybridized carbons (Fsp3) is 0.429. The Hall–Kier alpha value is -0.990. The van der Waals surface area contributed by atoms with Crippen molar-refractivity contribution in [2.24, 2.45) is 0 Å². The third-order valence-corrected chi connectivity index (χ3v) is 3.17. The van der Waals surface area contributed by atoms with E-state index >= 15 is 0 Å². The molecule has 1 aliphatic rings. The molecule has 92 valence electrons. The average molecular weight is 252 g/mol. The van der Waals surface area contributed by atoms with Crippen LogP contribution in [0.15, 0.2) is 29.8 Å². The third kappa shape index (κ3) is 2.82. The topological polar surface area (TPSA) is 21.3 Å². The van der Waals surface area contributed by atoms with Gasteiger partial charge in [0.25, 0.3) is 0 Å². The lowest BCUT2D eigenvalue weighted by Gasteiger charge is -2.14. The first-order valence-corrected chi connectivity index (χ1v) is 6.41. The third-order valence-electron chi connectivity index (χ3n) is 3.06. The number of hydrogen-bond acceptors (Lipinski definition) is 2. The molecule has 1 atom stereocenters. The second kappa shape index (κ2) is 5.56. The monoisotopic (exact) mass is 251 g/mol. The summed E-state index contributed by atoms with van der Waals surface area (Å²) < 4.78 is 5.68. The predicted octanol–water partition coefficient (Wildman–Crippen LogP) is 3.41. The van der Waals surface area contributed by atoms with Crippen molar-refractivity contribution in [1.82, 2.24) is 5.32 Å². The van der Waals surface area contributed by atoms with Crippen molar-refractivity contribution in [3.05, 3.63) is 40.9 Å². The van der Waals surface area contributed by atoms with E-state index in [1.54, 1.807) is 0 Å². The molecular formula is C14H18ClNO. The maximum atomic E-state index is 5.73. The molecule has 0 bridgehead atoms. The Morgan fingerprint density at radius 2 is 2.41 bits per heavy atom. The first-order chi connectivity index (χ1) is 8.22. The summed E-state index contributed by atoms with van der Waals surface area (Å²) in [4.78, 5) is 0. The highest BCUT2D eigenvalue weighted by Gasteiger charge is 2.24. The van der Waals surface area contributed by atoms with Crippen LogP contribution in [0.3, 0.4) is 0 Å². The minimum atomic E-state index is 0.379. The van der Waals surface area contributed by atoms with Gasteiger partial charge in [-0.25, -0.2) is 0 Å². The van der Waals surface area contributed by atoms with Gasteiger partial charge in [0.2, 0.25) is 0 Å². The molecule has 0 saturated heterocycles. The Bertz CT molecular complexity index is 417. The lowest BCUT2D eigenvalue weighted by molar-refractivity contribution is 0.356. The number of fused-ring (bicyclic) bond motifs is 1. The van der Waals surface area contributed by atoms with Crippen molar-refractivity contribution in [1.29, 1.82) is 0 Å². The molecule has 0 heterocycles. The molecule has 3 heteroatoms. The van der Waals surface area contributed by atoms with Gasteiger partial charge in [-0.2, -0.15) is 0 Å². The summed E-state index contributed by atoms with van der Waals surface area (Å²) in [6.07, 6.45) is 2.21. The van der Waals surface area contributed by atoms with Crippen molar-refractivity contribution in [2.75, 3.05) is 13.2 Å². The van der Waals surface area contributed by atoms with Crippen LogP contribution in [-0.2, 0) is 6.42 Å². The molecular weight excluding hydrogens is 234 g/mol. The normalized spacial score (nSPS) is 17.9. The summed E-state index contributed by atoms with van der Waals surface area (Å²) in [5, 5.41) is 4.02. The Kier molecular flexibility index (Phi) is 4.08. The Labute approximate surface area is 108 Å². The summed E-state index contributed by atoms with van der Waals surface area (Å²) in [5.41, 5.74) is 2.68. The van der Waals surface area contributed by atoms with Crippen molar-refractivity contribution in [3.8, 4) is 5.75 Å². The van der Waals surface area contributed by atoms with E-state index in [-0.39, 0.29) is 0 Å². The smallest absolute Gasteiger partial charge is 0.123 e. The average Bonchev–Trinajstić information content (AvgIpc) is 2.71. The summed E-state index contributed by atoms with van der Waals surface area (Å²) in [6.45, 7) is 7.14. The summed E-state index contributed by atoms with van der Waals surface area (Å²) in [6, 6.07) is 6.70. The van der Waals surface area contributed by atoms with Gasteiger partial charge in [-0.15, -0.1) is 0 Å². The van der Waals surface area contributed by atoms with Gasteiger partial charge < -0.3 is 10.1 Å². The standard InChI is InChI=1S/C14H18ClNO/c1-3-16-13-8-7-12-11(13)5-4-6-14(12)17-9-10(2)15/h4-6,13,16H,2-3,7-9H2,1H3. The molecule has 1 aromatic carbocycles. The van der Waals surface area contributed by atoms with Crippen LogP contribution in [0.2, 0.25) is 0 Å². The molecule has 2 nitrogen and oxygen atoms in total. The van der Waals surface area contributed by atoms with Gasteiger partial charge in [-0.1, -0.05) is 37.2 Å². The second-order valence-electron chi connectivity index (χ2n) is 4.28. The van der Waals surface area contributed by atoms with E-state index in [1.807, 2.05) is 12.1 Å². The van der Waals surface area contributed by atoms with Gasteiger partial charge in [0, 0.05) is 11.1 Å². The maximum absolute atomic E-state index is 5.73. The van der Waals surface area contributed by atoms with Crippen molar-refractivity contribution in [2.45, 2.75) is 25.8 Å². The predicted molar refractivity (Wildman–Crippen MR) is 71.7 cm³/mol. The van der Waals surface area contributed by atoms with Crippen LogP contribution >= 0.6 is 11.6 Å². The zero-order chi connectivity index (χ0) is 12.3. The van der Waals surface area contributed by atoms with Gasteiger partial charge in [0.05, 0.1) is 0 Å². The van der Waals surface area contributed by atoms with Gasteiger partial charge in [-0.3, -0.25) is 0 Å². The quantitative estimate of drug-likeness (QED) is 0.866. The zero-order valence-corrected chi connectivity index (χ0v) is 10.9. The van der Waals surface area contributed by atoms with Crippen molar-refractivity contribution >= 4 is 11.6 Å². The largest absolute Gasteiger partial charge is 0.488 e. The molecule has 17 heavy (non-hydrogen) atoms. The fourth-order valence-electron chi connectivity index (χ4n) is 2.37. The van der Waals surface area contributed by atoms with E-state index in [4.69, 9.17) is 16.3 Å². The van der Waals surface area contributed by atoms with Crippen LogP contribution < -0.4 is 10.1 Å². The van der Waals surface area contributed by atoms with Crippen LogP contribution in [0.25, 0.3) is 0 Å². The number of hydrogen-bond donors (Lipinski definition) is 1. The van der Waals surface area contributed by atoms with Crippen LogP contribution in [-0.4, -0.2) is 13.2 Å². The summed E-state index contributed by atoms with van der Waals surface area (Å²) in [5.74, 6) is 0.949. The highest BCUT2D eigenvalue weighted by atomic mass is 35.5. The highest BCUT2D eigenvalue weighted by Crippen LogP contribution is 2.36. The molecule has 0 amide bonds. The lowest BCUT2D eigenvalue weighted by atomic mass is 10.1. The molecule has 1 unspecified atom stereocenters. The summed E-state index contributed by atoms with van der Waals surface area (Å²) in [7, 11) is 0. The van der Waals surface area contributed by atoms with Crippen LogP contribution in [0.1, 0.15) is 30.5 Å². The Morgan fingerprint density at radius 1 is 1.59 bits per heavy atom. The molecule has 1 aliphatic carbocycles. The molecule has 0 radical (unpaired) electrons. The number of ether oxygens (including phenoxy) is 1. The molecule has 2 rings (SSSR count). The Morgan fingerprint density at radius 3 is 3.12 bits per heavy atom. The van der Waals surface area contributed by atoms with E-state index in [9.17, 15) is 0 Å². The Balaban J connectivity index is 2.17. The maximum Gasteiger partial charge on any atom is 0.123 e. The second-order valence-corrected chi connectivity index (χ2v) is 4.81. The minimum Gasteiger partial charge on any atom is -0.488 e. The SMILES string of the molecule is C=C(Cl)COc1cccc2c1CCC2NCC. The van der Waals surface area contributed by atoms with E-state index in [0.29, 0.717) is 17.7 Å². The van der Waals surface area contributed by atoms with E-state index in [2.05, 4.69) is 24.9 Å². The summed E-state index contributed by atoms with van der Waals surface area (Å²) >= 11 is 5.73. The van der Waals surface area contributed by atoms with E-state index in [0.717, 1.165) is 25.1 Å². The number of halogens is 1. The molecule has 0 spiro atoms. The van der Waals surface area contributed by atoms with Crippen LogP contribution in [0, 0.1) is 0 Å². The van der Waals surface area contributed by atoms with Gasteiger partial charge in [0.15, 0.2) is 0 Å². The van der Waals surface area contributed by atoms with Crippen molar-refractivity contribution in [3.63, 3.8) is 0 Å². The van der Waals surface area contributed by atoms with Crippen LogP contribution in [0.5, 0.6) is 5.75 Å². The van der Waals surface area contributed by atoms with Crippen molar-refractivity contribution < 1.29 is 4.74 Å². The lowest BCUT2D eigenvalue weighted by Crippen LogP contribution is -2.18. The molecule has 0 saturated carbocycles. The molecule has 0 aliphatic heterocycles. The first kappa shape index (κ1) is 12.5. The van der Waals surface area contributed by atoms with Gasteiger partial charge in [-0.05, 0) is 36.6 Å². The molecule has 1 aromatic rings. The number of nitrogens with one attached hydrogen (secondary N) is 1. The van der Waals surface area contributed by atoms with Crippen LogP contribution in [0.4, 0.5) is 0 Å². The van der Waals surface area contributed by atoms with Gasteiger partial charge in [0.1, 0.15) is 12.4 Å². The van der Waals surface area contributed by atoms with Gasteiger partial charge >= 0.3 is 0 Å². The number of benzene rings is 1. The molecule has 0 fully saturated rings. The highest BCUT2D eigenvalue weighted by molar-refractivity contribution is 6.29. The number of rotatable bonds is 5. The molecule has 0 aromatic heterocycles. The molecule has 1 N–H and O–H groups in total. The van der Waals surface area contributed by atoms with E-state index < -0.39 is 0 Å². The first-order valence-electron chi connectivity index (χ1n) is 6.03. The van der Waals surface area contributed by atoms with E-state index in [1.165, 1.54) is 11.1 Å². The fourth-order valence-corrected chi connectivity index (χ4v) is 2.43.